The molecule has 40 heavy (non-hydrogen) atoms. The Labute approximate surface area is 264 Å². The minimum absolute atomic E-state index is 0. The number of aryl methyl sites for hydroxylation is 1. The van der Waals surface area contributed by atoms with Gasteiger partial charge in [0.05, 0.1) is 15.6 Å². The van der Waals surface area contributed by atoms with Gasteiger partial charge in [-0.15, -0.1) is 0 Å². The van der Waals surface area contributed by atoms with Crippen LogP contribution in [0.3, 0.4) is 0 Å². The van der Waals surface area contributed by atoms with E-state index in [-0.39, 0.29) is 53.0 Å². The number of carboxylic acid groups (broad SMARTS) is 2. The summed E-state index contributed by atoms with van der Waals surface area (Å²) in [7, 11) is 0. The van der Waals surface area contributed by atoms with Crippen LogP contribution in [0.25, 0.3) is 5.57 Å². The third-order valence-corrected chi connectivity index (χ3v) is 6.98. The Morgan fingerprint density at radius 3 is 2.23 bits per heavy atom. The summed E-state index contributed by atoms with van der Waals surface area (Å²) in [4.78, 5) is 48.5. The molecule has 11 heteroatoms. The summed E-state index contributed by atoms with van der Waals surface area (Å²) in [5.41, 5.74) is 3.88. The number of hydrogen-bond acceptors (Lipinski definition) is 4. The van der Waals surface area contributed by atoms with Crippen LogP contribution in [0.2, 0.25) is 10.0 Å². The maximum atomic E-state index is 12.9. The summed E-state index contributed by atoms with van der Waals surface area (Å²) >= 11 is 12.2. The third kappa shape index (κ3) is 7.74. The number of benzene rings is 3. The number of anilines is 1. The Kier molecular flexibility index (Phi) is 11.0. The molecule has 1 aliphatic carbocycles. The average Bonchev–Trinajstić information content (AvgIpc) is 2.88. The fraction of sp³-hybridized carbons (Fsp3) is 0.172. The monoisotopic (exact) mass is 590 g/mol. The number of allylic oxidation sites excluding steroid dienone is 1. The van der Waals surface area contributed by atoms with E-state index >= 15 is 0 Å². The van der Waals surface area contributed by atoms with Gasteiger partial charge < -0.3 is 22.3 Å². The van der Waals surface area contributed by atoms with Crippen molar-refractivity contribution < 1.29 is 60.4 Å². The van der Waals surface area contributed by atoms with Gasteiger partial charge in [-0.2, -0.15) is 0 Å². The fourth-order valence-electron chi connectivity index (χ4n) is 4.47. The number of carboxylic acids is 2. The molecule has 0 radical (unpaired) electrons. The first-order chi connectivity index (χ1) is 18.6. The van der Waals surface area contributed by atoms with Crippen molar-refractivity contribution in [1.82, 2.24) is 5.32 Å². The smallest absolute Gasteiger partial charge is 1.00 e. The van der Waals surface area contributed by atoms with Crippen molar-refractivity contribution in [3.8, 4) is 0 Å². The Morgan fingerprint density at radius 1 is 0.925 bits per heavy atom. The fourth-order valence-corrected chi connectivity index (χ4v) is 5.04. The van der Waals surface area contributed by atoms with Crippen LogP contribution in [-0.4, -0.2) is 40.0 Å². The Balaban J connectivity index is 0.00000294. The number of hydrogen-bond donors (Lipinski definition) is 4. The first-order valence-electron chi connectivity index (χ1n) is 12.1. The zero-order chi connectivity index (χ0) is 28.1. The summed E-state index contributed by atoms with van der Waals surface area (Å²) in [5, 5.41) is 24.5. The third-order valence-electron chi connectivity index (χ3n) is 6.35. The normalized spacial score (nSPS) is 13.9. The standard InChI is InChI=1S/C29H24Cl2N2O6.Na.H/c30-22-5-2-6-23(31)26(22)28(37)32-20-10-7-16(8-11-20)13-24(29(38)39)33-27(36)19-9-12-21-17(14-19)3-1-4-18(21)15-25(34)35;;/h2,5-12,14-15,24H,1,3-4,13H2,(H,32,37)(H,33,36)(H,34,35)(H,38,39);;/q;+1;-1/b18-15+;;/t24-;;/m0../s1. The van der Waals surface area contributed by atoms with Crippen LogP contribution in [0.5, 0.6) is 0 Å². The quantitative estimate of drug-likeness (QED) is 0.235. The van der Waals surface area contributed by atoms with E-state index in [1.165, 1.54) is 6.08 Å². The van der Waals surface area contributed by atoms with Crippen molar-refractivity contribution in [1.29, 1.82) is 0 Å². The number of carbonyl (C=O) groups excluding carboxylic acids is 2. The van der Waals surface area contributed by atoms with Gasteiger partial charge >= 0.3 is 41.5 Å². The molecule has 0 bridgehead atoms. The van der Waals surface area contributed by atoms with Crippen molar-refractivity contribution in [3.05, 3.63) is 105 Å². The van der Waals surface area contributed by atoms with Crippen molar-refractivity contribution >= 4 is 58.2 Å². The average molecular weight is 591 g/mol. The zero-order valence-corrected chi connectivity index (χ0v) is 25.1. The van der Waals surface area contributed by atoms with Crippen molar-refractivity contribution in [2.45, 2.75) is 31.7 Å². The molecule has 1 atom stereocenters. The molecule has 0 aromatic heterocycles. The van der Waals surface area contributed by atoms with Gasteiger partial charge in [0.15, 0.2) is 0 Å². The van der Waals surface area contributed by atoms with Crippen molar-refractivity contribution in [2.75, 3.05) is 5.32 Å². The molecule has 3 aromatic rings. The van der Waals surface area contributed by atoms with Gasteiger partial charge in [0.25, 0.3) is 11.8 Å². The summed E-state index contributed by atoms with van der Waals surface area (Å²) in [6.45, 7) is 0. The van der Waals surface area contributed by atoms with Gasteiger partial charge in [0.2, 0.25) is 0 Å². The van der Waals surface area contributed by atoms with Crippen LogP contribution in [0.1, 0.15) is 51.7 Å². The number of carbonyl (C=O) groups is 4. The van der Waals surface area contributed by atoms with Crippen LogP contribution in [0.15, 0.2) is 66.7 Å². The predicted molar refractivity (Wildman–Crippen MR) is 150 cm³/mol. The zero-order valence-electron chi connectivity index (χ0n) is 22.5. The van der Waals surface area contributed by atoms with Crippen molar-refractivity contribution in [3.63, 3.8) is 0 Å². The molecule has 0 aliphatic heterocycles. The molecule has 4 N–H and O–H groups in total. The second-order valence-corrected chi connectivity index (χ2v) is 9.86. The van der Waals surface area contributed by atoms with E-state index in [4.69, 9.17) is 28.3 Å². The first kappa shape index (κ1) is 31.4. The number of nitrogens with one attached hydrogen (secondary N) is 2. The van der Waals surface area contributed by atoms with E-state index in [0.29, 0.717) is 35.2 Å². The topological polar surface area (TPSA) is 133 Å². The molecule has 3 aromatic carbocycles. The molecule has 0 unspecified atom stereocenters. The van der Waals surface area contributed by atoms with E-state index in [1.807, 2.05) is 0 Å². The molecular formula is C29H25Cl2N2NaO6. The minimum Gasteiger partial charge on any atom is -1.00 e. The van der Waals surface area contributed by atoms with Gasteiger partial charge in [0.1, 0.15) is 6.04 Å². The molecule has 2 amide bonds. The van der Waals surface area contributed by atoms with Crippen molar-refractivity contribution in [2.24, 2.45) is 0 Å². The van der Waals surface area contributed by atoms with Crippen LogP contribution < -0.4 is 40.2 Å². The van der Waals surface area contributed by atoms with E-state index in [1.54, 1.807) is 60.7 Å². The minimum atomic E-state index is -1.20. The molecule has 0 saturated carbocycles. The summed E-state index contributed by atoms with van der Waals surface area (Å²) in [6, 6.07) is 15.0. The second-order valence-electron chi connectivity index (χ2n) is 9.05. The molecule has 0 saturated heterocycles. The number of amides is 2. The Morgan fingerprint density at radius 2 is 1.60 bits per heavy atom. The van der Waals surface area contributed by atoms with Gasteiger partial charge in [-0.1, -0.05) is 47.5 Å². The van der Waals surface area contributed by atoms with Gasteiger partial charge in [0, 0.05) is 23.7 Å². The maximum absolute atomic E-state index is 12.9. The second kappa shape index (κ2) is 14.0. The first-order valence-corrected chi connectivity index (χ1v) is 12.8. The van der Waals surface area contributed by atoms with Gasteiger partial charge in [-0.25, -0.2) is 9.59 Å². The number of aliphatic carboxylic acids is 2. The Bertz CT molecular complexity index is 1480. The molecule has 8 nitrogen and oxygen atoms in total. The van der Waals surface area contributed by atoms with E-state index in [2.05, 4.69) is 10.6 Å². The molecule has 0 fully saturated rings. The number of rotatable bonds is 8. The van der Waals surface area contributed by atoms with Gasteiger partial charge in [-0.05, 0) is 77.9 Å². The molecule has 202 valence electrons. The molecule has 1 aliphatic rings. The number of halogens is 2. The maximum Gasteiger partial charge on any atom is 1.00 e. The predicted octanol–water partition coefficient (Wildman–Crippen LogP) is 2.59. The largest absolute Gasteiger partial charge is 1.00 e. The molecule has 0 spiro atoms. The summed E-state index contributed by atoms with van der Waals surface area (Å²) in [6.07, 6.45) is 3.29. The summed E-state index contributed by atoms with van der Waals surface area (Å²) in [5.74, 6) is -3.24. The molecule has 4 rings (SSSR count). The van der Waals surface area contributed by atoms with E-state index < -0.39 is 29.8 Å². The Hall–Kier alpha value is -3.14. The van der Waals surface area contributed by atoms with E-state index in [9.17, 15) is 24.3 Å². The molecule has 0 heterocycles. The van der Waals surface area contributed by atoms with Crippen LogP contribution in [0.4, 0.5) is 5.69 Å². The molecular weight excluding hydrogens is 566 g/mol. The summed E-state index contributed by atoms with van der Waals surface area (Å²) < 4.78 is 0. The number of fused-ring (bicyclic) bond motifs is 1. The van der Waals surface area contributed by atoms with Gasteiger partial charge in [-0.3, -0.25) is 9.59 Å². The van der Waals surface area contributed by atoms with E-state index in [0.717, 1.165) is 17.5 Å². The van der Waals surface area contributed by atoms with Crippen LogP contribution >= 0.6 is 23.2 Å². The van der Waals surface area contributed by atoms with Crippen LogP contribution in [0, 0.1) is 0 Å². The van der Waals surface area contributed by atoms with Crippen LogP contribution in [-0.2, 0) is 22.4 Å². The SMILES string of the molecule is O=C(O)/C=C1\CCCc2cc(C(=O)N[C@@H](Cc3ccc(NC(=O)c4c(Cl)cccc4Cl)cc3)C(=O)O)ccc21.[H-].[Na+].